The Hall–Kier alpha value is -2.52. The zero-order valence-electron chi connectivity index (χ0n) is 19.4. The van der Waals surface area contributed by atoms with E-state index in [1.807, 2.05) is 42.5 Å². The highest BCUT2D eigenvalue weighted by molar-refractivity contribution is 7.98. The molecule has 0 spiro atoms. The molecule has 0 radical (unpaired) electrons. The Morgan fingerprint density at radius 1 is 1.12 bits per heavy atom. The van der Waals surface area contributed by atoms with Gasteiger partial charge in [-0.05, 0) is 33.3 Å². The summed E-state index contributed by atoms with van der Waals surface area (Å²) in [4.78, 5) is 30.9. The summed E-state index contributed by atoms with van der Waals surface area (Å²) in [6.45, 7) is 9.03. The van der Waals surface area contributed by atoms with Crippen molar-refractivity contribution in [3.8, 4) is 11.3 Å². The molecular weight excluding hydrogens is 440 g/mol. The van der Waals surface area contributed by atoms with Gasteiger partial charge in [0.05, 0.1) is 24.9 Å². The molecule has 1 aromatic heterocycles. The minimum atomic E-state index is -0.534. The molecule has 0 N–H and O–H groups in total. The van der Waals surface area contributed by atoms with Crippen molar-refractivity contribution in [2.75, 3.05) is 39.4 Å². The number of likely N-dealkylation sites (tertiary alicyclic amines) is 1. The van der Waals surface area contributed by atoms with Crippen molar-refractivity contribution in [1.29, 1.82) is 0 Å². The van der Waals surface area contributed by atoms with E-state index < -0.39 is 5.60 Å². The quantitative estimate of drug-likeness (QED) is 0.664. The fourth-order valence-corrected chi connectivity index (χ4v) is 5.68. The van der Waals surface area contributed by atoms with Gasteiger partial charge in [-0.3, -0.25) is 9.48 Å². The number of rotatable bonds is 2. The molecule has 2 fully saturated rings. The molecule has 2 aromatic rings. The number of amides is 2. The molecule has 176 valence electrons. The molecule has 0 bridgehead atoms. The second-order valence-electron chi connectivity index (χ2n) is 9.68. The molecule has 3 aliphatic heterocycles. The molecule has 1 unspecified atom stereocenters. The van der Waals surface area contributed by atoms with E-state index in [0.29, 0.717) is 50.8 Å². The van der Waals surface area contributed by atoms with E-state index in [0.717, 1.165) is 23.2 Å². The van der Waals surface area contributed by atoms with Crippen molar-refractivity contribution >= 4 is 23.8 Å². The number of hydrogen-bond acceptors (Lipinski definition) is 6. The number of aromatic nitrogens is 2. The van der Waals surface area contributed by atoms with E-state index in [4.69, 9.17) is 14.6 Å². The number of nitrogens with zero attached hydrogens (tertiary/aromatic N) is 4. The summed E-state index contributed by atoms with van der Waals surface area (Å²) in [7, 11) is 0. The van der Waals surface area contributed by atoms with Gasteiger partial charge < -0.3 is 19.3 Å². The van der Waals surface area contributed by atoms with Gasteiger partial charge in [0.25, 0.3) is 5.91 Å². The zero-order chi connectivity index (χ0) is 23.2. The van der Waals surface area contributed by atoms with Crippen LogP contribution in [0.1, 0.15) is 49.3 Å². The van der Waals surface area contributed by atoms with E-state index in [1.165, 1.54) is 4.90 Å². The first-order valence-electron chi connectivity index (χ1n) is 11.5. The maximum atomic E-state index is 13.4. The topological polar surface area (TPSA) is 76.9 Å². The lowest BCUT2D eigenvalue weighted by Crippen LogP contribution is -2.41. The molecule has 3 aliphatic rings. The summed E-state index contributed by atoms with van der Waals surface area (Å²) < 4.78 is 13.0. The van der Waals surface area contributed by atoms with Gasteiger partial charge in [0.1, 0.15) is 5.60 Å². The van der Waals surface area contributed by atoms with Crippen LogP contribution >= 0.6 is 11.8 Å². The smallest absolute Gasteiger partial charge is 0.410 e. The van der Waals surface area contributed by atoms with Crippen LogP contribution in [0.15, 0.2) is 29.2 Å². The molecule has 33 heavy (non-hydrogen) atoms. The van der Waals surface area contributed by atoms with Crippen molar-refractivity contribution in [3.63, 3.8) is 0 Å². The van der Waals surface area contributed by atoms with Gasteiger partial charge in [-0.15, -0.1) is 11.8 Å². The highest BCUT2D eigenvalue weighted by Crippen LogP contribution is 2.44. The minimum absolute atomic E-state index is 0.00587. The predicted molar refractivity (Wildman–Crippen MR) is 125 cm³/mol. The Bertz CT molecular complexity index is 1070. The van der Waals surface area contributed by atoms with Crippen LogP contribution in [-0.2, 0) is 15.2 Å². The average molecular weight is 471 g/mol. The van der Waals surface area contributed by atoms with Crippen molar-refractivity contribution in [3.05, 3.63) is 35.5 Å². The SMILES string of the molecule is CC(C)(C)OC(=O)N1CCC(n2nc(C(=O)N3CCOCC3)c3c2-c2ccccc2SC3)C1. The lowest BCUT2D eigenvalue weighted by atomic mass is 10.0. The molecule has 0 saturated carbocycles. The number of carbonyl (C=O) groups is 2. The van der Waals surface area contributed by atoms with Crippen molar-refractivity contribution in [2.24, 2.45) is 0 Å². The maximum absolute atomic E-state index is 13.4. The summed E-state index contributed by atoms with van der Waals surface area (Å²) in [6, 6.07) is 8.27. The summed E-state index contributed by atoms with van der Waals surface area (Å²) >= 11 is 1.74. The molecule has 0 aliphatic carbocycles. The molecule has 8 nitrogen and oxygen atoms in total. The predicted octanol–water partition coefficient (Wildman–Crippen LogP) is 3.81. The van der Waals surface area contributed by atoms with Gasteiger partial charge in [0.2, 0.25) is 0 Å². The Labute approximate surface area is 198 Å². The molecule has 9 heteroatoms. The third-order valence-electron chi connectivity index (χ3n) is 6.18. The molecule has 4 heterocycles. The van der Waals surface area contributed by atoms with Crippen molar-refractivity contribution in [1.82, 2.24) is 19.6 Å². The Morgan fingerprint density at radius 2 is 1.88 bits per heavy atom. The van der Waals surface area contributed by atoms with Crippen LogP contribution in [0.25, 0.3) is 11.3 Å². The zero-order valence-corrected chi connectivity index (χ0v) is 20.2. The van der Waals surface area contributed by atoms with Gasteiger partial charge in [0.15, 0.2) is 5.69 Å². The monoisotopic (exact) mass is 470 g/mol. The number of benzene rings is 1. The van der Waals surface area contributed by atoms with E-state index >= 15 is 0 Å². The fraction of sp³-hybridized carbons (Fsp3) is 0.542. The number of ether oxygens (including phenoxy) is 2. The van der Waals surface area contributed by atoms with Crippen LogP contribution in [0.3, 0.4) is 0 Å². The molecule has 2 saturated heterocycles. The summed E-state index contributed by atoms with van der Waals surface area (Å²) in [6.07, 6.45) is 0.472. The molecule has 5 rings (SSSR count). The third kappa shape index (κ3) is 4.36. The normalized spacial score (nSPS) is 20.4. The first-order valence-corrected chi connectivity index (χ1v) is 12.5. The first kappa shape index (κ1) is 22.3. The van der Waals surface area contributed by atoms with E-state index in [-0.39, 0.29) is 18.0 Å². The van der Waals surface area contributed by atoms with Gasteiger partial charge in [-0.25, -0.2) is 4.79 Å². The third-order valence-corrected chi connectivity index (χ3v) is 7.28. The van der Waals surface area contributed by atoms with Crippen LogP contribution in [0.5, 0.6) is 0 Å². The van der Waals surface area contributed by atoms with Gasteiger partial charge in [-0.2, -0.15) is 5.10 Å². The minimum Gasteiger partial charge on any atom is -0.444 e. The van der Waals surface area contributed by atoms with Crippen LogP contribution < -0.4 is 0 Å². The first-order chi connectivity index (χ1) is 15.8. The van der Waals surface area contributed by atoms with E-state index in [9.17, 15) is 9.59 Å². The second-order valence-corrected chi connectivity index (χ2v) is 10.7. The highest BCUT2D eigenvalue weighted by atomic mass is 32.2. The second kappa shape index (κ2) is 8.68. The number of morpholine rings is 1. The molecule has 1 atom stereocenters. The molecule has 2 amide bonds. The number of hydrogen-bond donors (Lipinski definition) is 0. The summed E-state index contributed by atoms with van der Waals surface area (Å²) in [5, 5.41) is 4.91. The Balaban J connectivity index is 1.50. The van der Waals surface area contributed by atoms with Gasteiger partial charge >= 0.3 is 6.09 Å². The number of carbonyl (C=O) groups excluding carboxylic acids is 2. The average Bonchev–Trinajstić information content (AvgIpc) is 3.43. The number of fused-ring (bicyclic) bond motifs is 3. The van der Waals surface area contributed by atoms with Crippen LogP contribution in [-0.4, -0.2) is 76.6 Å². The van der Waals surface area contributed by atoms with Crippen LogP contribution in [0.2, 0.25) is 0 Å². The van der Waals surface area contributed by atoms with Crippen molar-refractivity contribution in [2.45, 2.75) is 49.5 Å². The lowest BCUT2D eigenvalue weighted by molar-refractivity contribution is 0.0284. The Kier molecular flexibility index (Phi) is 5.86. The fourth-order valence-electron chi connectivity index (χ4n) is 4.62. The molecular formula is C24H30N4O4S. The number of thioether (sulfide) groups is 1. The largest absolute Gasteiger partial charge is 0.444 e. The summed E-state index contributed by atoms with van der Waals surface area (Å²) in [5.74, 6) is 0.676. The highest BCUT2D eigenvalue weighted by Gasteiger charge is 2.37. The van der Waals surface area contributed by atoms with E-state index in [1.54, 1.807) is 16.7 Å². The lowest BCUT2D eigenvalue weighted by Gasteiger charge is -2.26. The van der Waals surface area contributed by atoms with Gasteiger partial charge in [0, 0.05) is 48.0 Å². The van der Waals surface area contributed by atoms with Crippen molar-refractivity contribution < 1.29 is 19.1 Å². The van der Waals surface area contributed by atoms with Crippen LogP contribution in [0.4, 0.5) is 4.79 Å². The molecule has 1 aromatic carbocycles. The Morgan fingerprint density at radius 3 is 2.64 bits per heavy atom. The van der Waals surface area contributed by atoms with Crippen LogP contribution in [0, 0.1) is 0 Å². The summed E-state index contributed by atoms with van der Waals surface area (Å²) in [5.41, 5.74) is 3.11. The van der Waals surface area contributed by atoms with Gasteiger partial charge in [-0.1, -0.05) is 18.2 Å². The standard InChI is InChI=1S/C24H30N4O4S/c1-24(2,3)32-23(30)27-9-8-16(14-27)28-21-17-6-4-5-7-19(17)33-15-18(21)20(25-28)22(29)26-10-12-31-13-11-26/h4-7,16H,8-15H2,1-3H3. The maximum Gasteiger partial charge on any atom is 0.410 e. The van der Waals surface area contributed by atoms with E-state index in [2.05, 4.69) is 12.1 Å².